The number of hydrogen-bond acceptors (Lipinski definition) is 4. The summed E-state index contributed by atoms with van der Waals surface area (Å²) in [5, 5.41) is 11.0. The topological polar surface area (TPSA) is 53.0 Å². The van der Waals surface area contributed by atoms with Gasteiger partial charge in [-0.2, -0.15) is 0 Å². The van der Waals surface area contributed by atoms with Gasteiger partial charge in [-0.05, 0) is 68.8 Å². The van der Waals surface area contributed by atoms with Crippen LogP contribution in [0.1, 0.15) is 31.2 Å². The van der Waals surface area contributed by atoms with E-state index in [0.717, 1.165) is 38.8 Å². The van der Waals surface area contributed by atoms with Gasteiger partial charge in [0, 0.05) is 26.7 Å². The standard InChI is InChI=1S/C21H31FN2O3/c1-27-14-13-24-10-2-9-21(26,20(24)25)16-23-11-7-18(8-12-23)15-17-3-5-19(22)6-4-17/h3-6,18,26H,2,7-16H2,1H3. The SMILES string of the molecule is COCCN1CCCC(O)(CN2CCC(Cc3ccc(F)cc3)CC2)C1=O. The second-order valence-electron chi connectivity index (χ2n) is 7.97. The molecule has 27 heavy (non-hydrogen) atoms. The molecule has 1 unspecified atom stereocenters. The average Bonchev–Trinajstić information content (AvgIpc) is 2.66. The van der Waals surface area contributed by atoms with Crippen molar-refractivity contribution in [1.29, 1.82) is 0 Å². The van der Waals surface area contributed by atoms with E-state index >= 15 is 0 Å². The van der Waals surface area contributed by atoms with E-state index < -0.39 is 5.60 Å². The molecule has 2 aliphatic rings. The van der Waals surface area contributed by atoms with Crippen molar-refractivity contribution in [2.24, 2.45) is 5.92 Å². The molecular weight excluding hydrogens is 347 g/mol. The molecule has 0 spiro atoms. The molecule has 2 fully saturated rings. The van der Waals surface area contributed by atoms with E-state index in [1.54, 1.807) is 12.0 Å². The number of amides is 1. The number of benzene rings is 1. The summed E-state index contributed by atoms with van der Waals surface area (Å²) in [6.45, 7) is 3.93. The predicted octanol–water partition coefficient (Wildman–Crippen LogP) is 2.08. The fraction of sp³-hybridized carbons (Fsp3) is 0.667. The molecule has 1 aromatic rings. The Balaban J connectivity index is 1.49. The molecule has 1 aromatic carbocycles. The minimum atomic E-state index is -1.27. The first kappa shape index (κ1) is 20.2. The van der Waals surface area contributed by atoms with Gasteiger partial charge >= 0.3 is 0 Å². The normalized spacial score (nSPS) is 25.1. The van der Waals surface area contributed by atoms with Crippen molar-refractivity contribution < 1.29 is 19.0 Å². The fourth-order valence-electron chi connectivity index (χ4n) is 4.30. The minimum Gasteiger partial charge on any atom is -0.383 e. The van der Waals surface area contributed by atoms with Gasteiger partial charge in [-0.3, -0.25) is 9.69 Å². The molecule has 0 bridgehead atoms. The Bertz CT molecular complexity index is 616. The number of likely N-dealkylation sites (tertiary alicyclic amines) is 2. The summed E-state index contributed by atoms with van der Waals surface area (Å²) >= 11 is 0. The van der Waals surface area contributed by atoms with Crippen molar-refractivity contribution in [3.8, 4) is 0 Å². The lowest BCUT2D eigenvalue weighted by molar-refractivity contribution is -0.160. The molecule has 1 N–H and O–H groups in total. The molecular formula is C21H31FN2O3. The summed E-state index contributed by atoms with van der Waals surface area (Å²) in [7, 11) is 1.62. The van der Waals surface area contributed by atoms with E-state index in [9.17, 15) is 14.3 Å². The summed E-state index contributed by atoms with van der Waals surface area (Å²) in [6.07, 6.45) is 4.39. The summed E-state index contributed by atoms with van der Waals surface area (Å²) in [5.74, 6) is 0.222. The number of carbonyl (C=O) groups is 1. The van der Waals surface area contributed by atoms with Gasteiger partial charge in [0.15, 0.2) is 5.60 Å². The zero-order valence-corrected chi connectivity index (χ0v) is 16.2. The van der Waals surface area contributed by atoms with Crippen molar-refractivity contribution in [2.45, 2.75) is 37.7 Å². The lowest BCUT2D eigenvalue weighted by Crippen LogP contribution is -2.59. The van der Waals surface area contributed by atoms with Crippen LogP contribution in [0.5, 0.6) is 0 Å². The molecule has 2 aliphatic heterocycles. The van der Waals surface area contributed by atoms with E-state index in [1.807, 2.05) is 12.1 Å². The number of methoxy groups -OCH3 is 1. The lowest BCUT2D eigenvalue weighted by Gasteiger charge is -2.42. The van der Waals surface area contributed by atoms with Crippen LogP contribution in [0, 0.1) is 11.7 Å². The first-order valence-electron chi connectivity index (χ1n) is 9.98. The molecule has 2 saturated heterocycles. The van der Waals surface area contributed by atoms with Crippen LogP contribution in [0.15, 0.2) is 24.3 Å². The van der Waals surface area contributed by atoms with Crippen LogP contribution in [0.25, 0.3) is 0 Å². The van der Waals surface area contributed by atoms with Crippen LogP contribution in [0.3, 0.4) is 0 Å². The van der Waals surface area contributed by atoms with Crippen molar-refractivity contribution in [3.05, 3.63) is 35.6 Å². The largest absolute Gasteiger partial charge is 0.383 e. The summed E-state index contributed by atoms with van der Waals surface area (Å²) in [6, 6.07) is 6.76. The average molecular weight is 378 g/mol. The van der Waals surface area contributed by atoms with Gasteiger partial charge in [0.25, 0.3) is 5.91 Å². The first-order chi connectivity index (χ1) is 13.0. The maximum Gasteiger partial charge on any atom is 0.255 e. The molecule has 0 radical (unpaired) electrons. The van der Waals surface area contributed by atoms with Gasteiger partial charge in [0.2, 0.25) is 0 Å². The Morgan fingerprint density at radius 3 is 2.59 bits per heavy atom. The van der Waals surface area contributed by atoms with Gasteiger partial charge < -0.3 is 14.7 Å². The molecule has 1 atom stereocenters. The molecule has 6 heteroatoms. The third kappa shape index (κ3) is 5.27. The second-order valence-corrected chi connectivity index (χ2v) is 7.97. The molecule has 0 aromatic heterocycles. The molecule has 5 nitrogen and oxygen atoms in total. The van der Waals surface area contributed by atoms with Gasteiger partial charge in [-0.15, -0.1) is 0 Å². The lowest BCUT2D eigenvalue weighted by atomic mass is 9.87. The van der Waals surface area contributed by atoms with Crippen LogP contribution in [0.4, 0.5) is 4.39 Å². The van der Waals surface area contributed by atoms with Gasteiger partial charge in [-0.25, -0.2) is 4.39 Å². The highest BCUT2D eigenvalue weighted by Crippen LogP contribution is 2.27. The highest BCUT2D eigenvalue weighted by Gasteiger charge is 2.43. The van der Waals surface area contributed by atoms with Crippen LogP contribution >= 0.6 is 0 Å². The number of rotatable bonds is 7. The number of nitrogens with zero attached hydrogens (tertiary/aromatic N) is 2. The van der Waals surface area contributed by atoms with E-state index in [2.05, 4.69) is 4.90 Å². The Hall–Kier alpha value is -1.50. The van der Waals surface area contributed by atoms with Crippen LogP contribution in [-0.2, 0) is 16.0 Å². The Labute approximate surface area is 161 Å². The minimum absolute atomic E-state index is 0.153. The first-order valence-corrected chi connectivity index (χ1v) is 9.98. The Kier molecular flexibility index (Phi) is 6.84. The van der Waals surface area contributed by atoms with Gasteiger partial charge in [0.1, 0.15) is 5.82 Å². The van der Waals surface area contributed by atoms with Crippen LogP contribution in [0.2, 0.25) is 0 Å². The number of piperidine rings is 2. The monoisotopic (exact) mass is 378 g/mol. The van der Waals surface area contributed by atoms with Crippen molar-refractivity contribution in [2.75, 3.05) is 46.4 Å². The van der Waals surface area contributed by atoms with E-state index in [1.165, 1.54) is 17.7 Å². The summed E-state index contributed by atoms with van der Waals surface area (Å²) in [5.41, 5.74) is -0.0970. The molecule has 0 saturated carbocycles. The Morgan fingerprint density at radius 1 is 1.22 bits per heavy atom. The fourth-order valence-corrected chi connectivity index (χ4v) is 4.30. The van der Waals surface area contributed by atoms with Crippen molar-refractivity contribution in [1.82, 2.24) is 9.80 Å². The maximum atomic E-state index is 13.0. The zero-order valence-electron chi connectivity index (χ0n) is 16.2. The number of carbonyl (C=O) groups excluding carboxylic acids is 1. The number of halogens is 1. The van der Waals surface area contributed by atoms with E-state index in [0.29, 0.717) is 38.6 Å². The van der Waals surface area contributed by atoms with Crippen molar-refractivity contribution in [3.63, 3.8) is 0 Å². The third-order valence-corrected chi connectivity index (χ3v) is 5.90. The van der Waals surface area contributed by atoms with Crippen molar-refractivity contribution >= 4 is 5.91 Å². The molecule has 2 heterocycles. The van der Waals surface area contributed by atoms with E-state index in [-0.39, 0.29) is 11.7 Å². The highest BCUT2D eigenvalue weighted by molar-refractivity contribution is 5.86. The zero-order chi connectivity index (χ0) is 19.3. The summed E-state index contributed by atoms with van der Waals surface area (Å²) < 4.78 is 18.1. The van der Waals surface area contributed by atoms with Crippen LogP contribution < -0.4 is 0 Å². The van der Waals surface area contributed by atoms with Crippen LogP contribution in [-0.4, -0.2) is 72.9 Å². The van der Waals surface area contributed by atoms with E-state index in [4.69, 9.17) is 4.74 Å². The second kappa shape index (κ2) is 9.13. The third-order valence-electron chi connectivity index (χ3n) is 5.90. The summed E-state index contributed by atoms with van der Waals surface area (Å²) in [4.78, 5) is 16.7. The quantitative estimate of drug-likeness (QED) is 0.789. The smallest absolute Gasteiger partial charge is 0.255 e. The van der Waals surface area contributed by atoms with Gasteiger partial charge in [0.05, 0.1) is 6.61 Å². The molecule has 3 rings (SSSR count). The highest BCUT2D eigenvalue weighted by atomic mass is 19.1. The predicted molar refractivity (Wildman–Crippen MR) is 102 cm³/mol. The number of aliphatic hydroxyl groups is 1. The number of ether oxygens (including phenoxy) is 1. The molecule has 0 aliphatic carbocycles. The van der Waals surface area contributed by atoms with Gasteiger partial charge in [-0.1, -0.05) is 12.1 Å². The number of hydrogen-bond donors (Lipinski definition) is 1. The molecule has 150 valence electrons. The number of β-amino-alcohol motifs (C(OH)–C–C–N with tert-alkyl or cyclic N) is 1. The Morgan fingerprint density at radius 2 is 1.93 bits per heavy atom. The maximum absolute atomic E-state index is 13.0. The molecule has 1 amide bonds.